The fourth-order valence-electron chi connectivity index (χ4n) is 15.8. The van der Waals surface area contributed by atoms with Crippen LogP contribution < -0.4 is 0 Å². The van der Waals surface area contributed by atoms with Crippen molar-refractivity contribution in [3.05, 3.63) is 358 Å². The monoisotopic (exact) mass is 1290 g/mol. The topological polar surface area (TPSA) is 4.93 Å². The van der Waals surface area contributed by atoms with Crippen molar-refractivity contribution in [3.8, 4) is 106 Å². The molecule has 0 N–H and O–H groups in total. The molecule has 460 valence electrons. The lowest BCUT2D eigenvalue weighted by Gasteiger charge is -2.14. The number of nitrogens with zero attached hydrogens (tertiary/aromatic N) is 1. The van der Waals surface area contributed by atoms with Gasteiger partial charge < -0.3 is 4.57 Å². The molecular weight excluding hydrogens is 1230 g/mol. The average Bonchev–Trinajstić information content (AvgIpc) is 1.61. The van der Waals surface area contributed by atoms with Crippen molar-refractivity contribution in [1.82, 2.24) is 4.57 Å². The highest BCUT2D eigenvalue weighted by Gasteiger charge is 2.24. The molecule has 20 aromatic rings. The maximum absolute atomic E-state index is 2.52. The standard InChI is InChI=1S/C96H59NS2/c1-7-24-60(25-8-1)70-52-80(64-32-15-5-16-33-64)93-87(56-70)89-58-72(62-28-11-3-12-29-62)54-82(95(89)98-93)68-43-46-91-85(50-68)86-51-69(44-47-92(86)97(91)74-37-23-36-66(48-74)67-42-45-79-77-40-20-19-38-75(77)76-39-21-22-41-78(76)84(79)49-67)83-55-73(63-30-13-4-14-31-63)59-90-88-57-71(61-26-9-2-10-27-61)53-81(94(88)99-96(83)90)65-34-17-6-18-35-65/h1-59H. The summed E-state index contributed by atoms with van der Waals surface area (Å²) in [5, 5.41) is 15.1. The third kappa shape index (κ3) is 9.57. The van der Waals surface area contributed by atoms with Gasteiger partial charge in [0.2, 0.25) is 0 Å². The maximum Gasteiger partial charge on any atom is 0.0541 e. The SMILES string of the molecule is c1ccc(-c2cc(-c3ccccc3)c3sc4c(-c5ccc6c(c5)c5cc(-c7cc(-c8ccccc8)cc8c7sc7c(-c9ccccc9)cc(-c9ccccc9)cc78)ccc5n6-c5cccc(-c6ccc7c8ccccc8c8ccccc8c7c6)c5)cc(-c5ccccc5)cc4c3c2)cc1. The van der Waals surface area contributed by atoms with Crippen LogP contribution in [-0.4, -0.2) is 4.57 Å². The molecule has 20 rings (SSSR count). The second-order valence-electron chi connectivity index (χ2n) is 26.2. The van der Waals surface area contributed by atoms with E-state index in [1.54, 1.807) is 0 Å². The molecule has 0 amide bonds. The summed E-state index contributed by atoms with van der Waals surface area (Å²) < 4.78 is 7.64. The second-order valence-corrected chi connectivity index (χ2v) is 28.2. The lowest BCUT2D eigenvalue weighted by molar-refractivity contribution is 1.18. The van der Waals surface area contributed by atoms with E-state index in [9.17, 15) is 0 Å². The lowest BCUT2D eigenvalue weighted by Crippen LogP contribution is -1.94. The van der Waals surface area contributed by atoms with Gasteiger partial charge in [-0.3, -0.25) is 0 Å². The zero-order valence-electron chi connectivity index (χ0n) is 53.8. The van der Waals surface area contributed by atoms with E-state index >= 15 is 0 Å². The molecular formula is C96H59NS2. The Morgan fingerprint density at radius 2 is 0.424 bits per heavy atom. The number of benzene rings is 17. The van der Waals surface area contributed by atoms with E-state index in [0.717, 1.165) is 16.7 Å². The summed E-state index contributed by atoms with van der Waals surface area (Å²) in [5.41, 5.74) is 25.1. The summed E-state index contributed by atoms with van der Waals surface area (Å²) in [7, 11) is 0. The Labute approximate surface area is 581 Å². The Hall–Kier alpha value is -12.2. The van der Waals surface area contributed by atoms with Gasteiger partial charge in [-0.1, -0.05) is 267 Å². The molecule has 0 atom stereocenters. The molecule has 0 aliphatic heterocycles. The van der Waals surface area contributed by atoms with E-state index in [2.05, 4.69) is 362 Å². The number of hydrogen-bond donors (Lipinski definition) is 0. The van der Waals surface area contributed by atoms with Gasteiger partial charge in [0.25, 0.3) is 0 Å². The first-order chi connectivity index (χ1) is 49.1. The van der Waals surface area contributed by atoms with Crippen LogP contribution in [0.15, 0.2) is 358 Å². The molecule has 3 heterocycles. The summed E-state index contributed by atoms with van der Waals surface area (Å²) in [6, 6.07) is 134. The molecule has 0 spiro atoms. The zero-order valence-corrected chi connectivity index (χ0v) is 55.5. The van der Waals surface area contributed by atoms with Crippen molar-refractivity contribution in [3.63, 3.8) is 0 Å². The van der Waals surface area contributed by atoms with Crippen LogP contribution in [0.5, 0.6) is 0 Å². The number of rotatable bonds is 10. The minimum atomic E-state index is 1.11. The van der Waals surface area contributed by atoms with Crippen LogP contribution in [0.3, 0.4) is 0 Å². The number of thiophene rings is 2. The Morgan fingerprint density at radius 1 is 0.152 bits per heavy atom. The summed E-state index contributed by atoms with van der Waals surface area (Å²) in [6.45, 7) is 0. The first-order valence-electron chi connectivity index (χ1n) is 34.0. The van der Waals surface area contributed by atoms with Crippen molar-refractivity contribution in [2.45, 2.75) is 0 Å². The highest BCUT2D eigenvalue weighted by atomic mass is 32.1. The fraction of sp³-hybridized carbons (Fsp3) is 0. The van der Waals surface area contributed by atoms with Crippen molar-refractivity contribution in [2.24, 2.45) is 0 Å². The van der Waals surface area contributed by atoms with Crippen LogP contribution in [0.4, 0.5) is 0 Å². The third-order valence-electron chi connectivity index (χ3n) is 20.5. The molecule has 99 heavy (non-hydrogen) atoms. The van der Waals surface area contributed by atoms with Crippen LogP contribution in [-0.2, 0) is 0 Å². The molecule has 3 heteroatoms. The van der Waals surface area contributed by atoms with E-state index in [1.807, 2.05) is 22.7 Å². The van der Waals surface area contributed by atoms with Crippen LogP contribution >= 0.6 is 22.7 Å². The smallest absolute Gasteiger partial charge is 0.0541 e. The van der Waals surface area contributed by atoms with Gasteiger partial charge >= 0.3 is 0 Å². The van der Waals surface area contributed by atoms with E-state index in [0.29, 0.717) is 0 Å². The third-order valence-corrected chi connectivity index (χ3v) is 23.1. The van der Waals surface area contributed by atoms with Crippen LogP contribution in [0.1, 0.15) is 0 Å². The van der Waals surface area contributed by atoms with Crippen LogP contribution in [0, 0.1) is 0 Å². The van der Waals surface area contributed by atoms with Gasteiger partial charge in [0.05, 0.1) is 11.0 Å². The molecule has 3 aromatic heterocycles. The minimum absolute atomic E-state index is 1.11. The first-order valence-corrected chi connectivity index (χ1v) is 35.6. The number of hydrogen-bond acceptors (Lipinski definition) is 2. The quantitative estimate of drug-likeness (QED) is 0.120. The number of aromatic nitrogens is 1. The van der Waals surface area contributed by atoms with Gasteiger partial charge in [-0.05, 0) is 201 Å². The van der Waals surface area contributed by atoms with Gasteiger partial charge in [0.15, 0.2) is 0 Å². The molecule has 0 saturated heterocycles. The molecule has 0 aliphatic rings. The van der Waals surface area contributed by atoms with Crippen LogP contribution in [0.25, 0.3) is 200 Å². The molecule has 0 radical (unpaired) electrons. The Balaban J connectivity index is 0.846. The predicted molar refractivity (Wildman–Crippen MR) is 428 cm³/mol. The Kier molecular flexibility index (Phi) is 13.4. The summed E-state index contributed by atoms with van der Waals surface area (Å²) in [4.78, 5) is 0. The van der Waals surface area contributed by atoms with Crippen molar-refractivity contribution >= 4 is 117 Å². The fourth-order valence-corrected chi connectivity index (χ4v) is 18.5. The largest absolute Gasteiger partial charge is 0.309 e. The van der Waals surface area contributed by atoms with E-state index in [-0.39, 0.29) is 0 Å². The summed E-state index contributed by atoms with van der Waals surface area (Å²) in [5.74, 6) is 0. The zero-order chi connectivity index (χ0) is 65.1. The highest BCUT2D eigenvalue weighted by Crippen LogP contribution is 2.52. The van der Waals surface area contributed by atoms with Crippen molar-refractivity contribution in [2.75, 3.05) is 0 Å². The average molecular weight is 1290 g/mol. The van der Waals surface area contributed by atoms with Gasteiger partial charge in [-0.15, -0.1) is 22.7 Å². The predicted octanol–water partition coefficient (Wildman–Crippen LogP) is 28.0. The first kappa shape index (κ1) is 57.0. The molecule has 0 saturated carbocycles. The van der Waals surface area contributed by atoms with E-state index in [1.165, 1.54) is 184 Å². The minimum Gasteiger partial charge on any atom is -0.309 e. The van der Waals surface area contributed by atoms with E-state index in [4.69, 9.17) is 0 Å². The number of fused-ring (bicyclic) bond motifs is 15. The van der Waals surface area contributed by atoms with Gasteiger partial charge in [0, 0.05) is 79.1 Å². The van der Waals surface area contributed by atoms with Crippen molar-refractivity contribution in [1.29, 1.82) is 0 Å². The molecule has 1 nitrogen and oxygen atoms in total. The Bertz CT molecular complexity index is 6270. The summed E-state index contributed by atoms with van der Waals surface area (Å²) >= 11 is 3.84. The second kappa shape index (κ2) is 23.3. The molecule has 0 unspecified atom stereocenters. The van der Waals surface area contributed by atoms with Crippen molar-refractivity contribution < 1.29 is 0 Å². The lowest BCUT2D eigenvalue weighted by atomic mass is 9.92. The van der Waals surface area contributed by atoms with Gasteiger partial charge in [-0.25, -0.2) is 0 Å². The molecule has 17 aromatic carbocycles. The van der Waals surface area contributed by atoms with Gasteiger partial charge in [0.1, 0.15) is 0 Å². The maximum atomic E-state index is 2.52. The molecule has 0 aliphatic carbocycles. The summed E-state index contributed by atoms with van der Waals surface area (Å²) in [6.07, 6.45) is 0. The molecule has 0 bridgehead atoms. The van der Waals surface area contributed by atoms with E-state index < -0.39 is 0 Å². The van der Waals surface area contributed by atoms with Crippen LogP contribution in [0.2, 0.25) is 0 Å². The van der Waals surface area contributed by atoms with Gasteiger partial charge in [-0.2, -0.15) is 0 Å². The highest BCUT2D eigenvalue weighted by molar-refractivity contribution is 7.27. The molecule has 0 fully saturated rings. The normalized spacial score (nSPS) is 11.8. The Morgan fingerprint density at radius 3 is 0.798 bits per heavy atom.